The van der Waals surface area contributed by atoms with Gasteiger partial charge in [0, 0.05) is 12.2 Å². The Balaban J connectivity index is 2.48. The maximum atomic E-state index is 12.0. The molecule has 0 unspecified atom stereocenters. The molecule has 0 fully saturated rings. The van der Waals surface area contributed by atoms with E-state index in [1.807, 2.05) is 0 Å². The lowest BCUT2D eigenvalue weighted by Gasteiger charge is -2.17. The smallest absolute Gasteiger partial charge is 0.240 e. The Kier molecular flexibility index (Phi) is 6.27. The molecule has 0 bridgehead atoms. The average Bonchev–Trinajstić information content (AvgIpc) is 2.39. The van der Waals surface area contributed by atoms with Gasteiger partial charge in [-0.15, -0.1) is 0 Å². The van der Waals surface area contributed by atoms with Crippen molar-refractivity contribution < 1.29 is 8.42 Å². The number of nitrogen functional groups attached to an aromatic ring is 1. The summed E-state index contributed by atoms with van der Waals surface area (Å²) in [6, 6.07) is 6.31. The molecule has 3 N–H and O–H groups in total. The van der Waals surface area contributed by atoms with Crippen molar-refractivity contribution >= 4 is 15.7 Å². The van der Waals surface area contributed by atoms with Gasteiger partial charge < -0.3 is 10.6 Å². The normalized spacial score (nSPS) is 11.9. The zero-order chi connectivity index (χ0) is 14.3. The van der Waals surface area contributed by atoms with E-state index in [1.165, 1.54) is 6.07 Å². The number of nitrogens with zero attached hydrogens (tertiary/aromatic N) is 1. The summed E-state index contributed by atoms with van der Waals surface area (Å²) in [5.74, 6) is 0. The highest BCUT2D eigenvalue weighted by atomic mass is 32.2. The SMILES string of the molecule is CCN(CC)CCCNS(=O)(=O)c1cccc(N)c1. The van der Waals surface area contributed by atoms with Crippen LogP contribution in [-0.2, 0) is 10.0 Å². The first-order chi connectivity index (χ1) is 8.99. The Morgan fingerprint density at radius 1 is 1.26 bits per heavy atom. The highest BCUT2D eigenvalue weighted by Gasteiger charge is 2.13. The minimum Gasteiger partial charge on any atom is -0.399 e. The number of hydrogen-bond donors (Lipinski definition) is 2. The van der Waals surface area contributed by atoms with Crippen LogP contribution in [0, 0.1) is 0 Å². The van der Waals surface area contributed by atoms with Crippen molar-refractivity contribution in [1.29, 1.82) is 0 Å². The Morgan fingerprint density at radius 2 is 1.95 bits per heavy atom. The molecule has 0 heterocycles. The molecule has 1 aromatic rings. The van der Waals surface area contributed by atoms with Crippen molar-refractivity contribution in [2.24, 2.45) is 0 Å². The third kappa shape index (κ3) is 5.18. The minimum atomic E-state index is -3.44. The van der Waals surface area contributed by atoms with Crippen LogP contribution >= 0.6 is 0 Å². The molecule has 0 atom stereocenters. The molecular formula is C13H23N3O2S. The van der Waals surface area contributed by atoms with Crippen molar-refractivity contribution in [3.8, 4) is 0 Å². The zero-order valence-electron chi connectivity index (χ0n) is 11.6. The quantitative estimate of drug-likeness (QED) is 0.557. The van der Waals surface area contributed by atoms with Crippen molar-refractivity contribution in [2.75, 3.05) is 31.9 Å². The van der Waals surface area contributed by atoms with Gasteiger partial charge in [-0.1, -0.05) is 19.9 Å². The lowest BCUT2D eigenvalue weighted by Crippen LogP contribution is -2.30. The van der Waals surface area contributed by atoms with Gasteiger partial charge >= 0.3 is 0 Å². The maximum Gasteiger partial charge on any atom is 0.240 e. The maximum absolute atomic E-state index is 12.0. The second kappa shape index (κ2) is 7.47. The molecule has 0 aromatic heterocycles. The summed E-state index contributed by atoms with van der Waals surface area (Å²) < 4.78 is 26.6. The van der Waals surface area contributed by atoms with Crippen molar-refractivity contribution in [3.05, 3.63) is 24.3 Å². The lowest BCUT2D eigenvalue weighted by molar-refractivity contribution is 0.300. The molecule has 0 aliphatic rings. The topological polar surface area (TPSA) is 75.4 Å². The standard InChI is InChI=1S/C13H23N3O2S/c1-3-16(4-2)10-6-9-15-19(17,18)13-8-5-7-12(14)11-13/h5,7-8,11,15H,3-4,6,9-10,14H2,1-2H3. The Hall–Kier alpha value is -1.11. The highest BCUT2D eigenvalue weighted by molar-refractivity contribution is 7.89. The molecule has 0 saturated heterocycles. The summed E-state index contributed by atoms with van der Waals surface area (Å²) in [6.45, 7) is 7.50. The Bertz CT molecular complexity index is 484. The van der Waals surface area contributed by atoms with Crippen LogP contribution < -0.4 is 10.5 Å². The van der Waals surface area contributed by atoms with Gasteiger partial charge in [0.1, 0.15) is 0 Å². The van der Waals surface area contributed by atoms with Gasteiger partial charge in [0.2, 0.25) is 10.0 Å². The predicted molar refractivity (Wildman–Crippen MR) is 78.4 cm³/mol. The number of nitrogens with two attached hydrogens (primary N) is 1. The van der Waals surface area contributed by atoms with Crippen LogP contribution in [0.25, 0.3) is 0 Å². The number of rotatable bonds is 8. The molecule has 19 heavy (non-hydrogen) atoms. The molecule has 1 aromatic carbocycles. The fourth-order valence-corrected chi connectivity index (χ4v) is 2.94. The molecule has 0 radical (unpaired) electrons. The fourth-order valence-electron chi connectivity index (χ4n) is 1.81. The number of sulfonamides is 1. The molecule has 5 nitrogen and oxygen atoms in total. The van der Waals surface area contributed by atoms with E-state index in [9.17, 15) is 8.42 Å². The van der Waals surface area contributed by atoms with Crippen molar-refractivity contribution in [1.82, 2.24) is 9.62 Å². The number of anilines is 1. The van der Waals surface area contributed by atoms with E-state index in [1.54, 1.807) is 18.2 Å². The van der Waals surface area contributed by atoms with E-state index in [0.717, 1.165) is 26.1 Å². The first-order valence-corrected chi connectivity index (χ1v) is 8.05. The zero-order valence-corrected chi connectivity index (χ0v) is 12.4. The van der Waals surface area contributed by atoms with E-state index in [2.05, 4.69) is 23.5 Å². The molecule has 108 valence electrons. The van der Waals surface area contributed by atoms with Crippen LogP contribution in [0.4, 0.5) is 5.69 Å². The van der Waals surface area contributed by atoms with E-state index in [4.69, 9.17) is 5.73 Å². The van der Waals surface area contributed by atoms with Crippen LogP contribution in [0.3, 0.4) is 0 Å². The molecule has 0 aliphatic carbocycles. The number of nitrogens with one attached hydrogen (secondary N) is 1. The van der Waals surface area contributed by atoms with Gasteiger partial charge in [-0.25, -0.2) is 13.1 Å². The molecule has 0 aliphatic heterocycles. The Labute approximate surface area is 115 Å². The summed E-state index contributed by atoms with van der Waals surface area (Å²) in [5.41, 5.74) is 6.04. The van der Waals surface area contributed by atoms with Gasteiger partial charge in [-0.2, -0.15) is 0 Å². The van der Waals surface area contributed by atoms with E-state index in [-0.39, 0.29) is 4.90 Å². The van der Waals surface area contributed by atoms with Gasteiger partial charge in [0.15, 0.2) is 0 Å². The second-order valence-electron chi connectivity index (χ2n) is 4.35. The van der Waals surface area contributed by atoms with Gasteiger partial charge in [0.25, 0.3) is 0 Å². The third-order valence-electron chi connectivity index (χ3n) is 3.01. The monoisotopic (exact) mass is 285 g/mol. The first-order valence-electron chi connectivity index (χ1n) is 6.57. The molecule has 1 rings (SSSR count). The fraction of sp³-hybridized carbons (Fsp3) is 0.538. The predicted octanol–water partition coefficient (Wildman–Crippen LogP) is 1.28. The third-order valence-corrected chi connectivity index (χ3v) is 4.46. The second-order valence-corrected chi connectivity index (χ2v) is 6.12. The first kappa shape index (κ1) is 15.9. The molecule has 6 heteroatoms. The summed E-state index contributed by atoms with van der Waals surface area (Å²) in [7, 11) is -3.44. The minimum absolute atomic E-state index is 0.218. The molecule has 0 amide bonds. The largest absolute Gasteiger partial charge is 0.399 e. The summed E-state index contributed by atoms with van der Waals surface area (Å²) in [6.07, 6.45) is 0.795. The van der Waals surface area contributed by atoms with E-state index in [0.29, 0.717) is 12.2 Å². The summed E-state index contributed by atoms with van der Waals surface area (Å²) in [5, 5.41) is 0. The van der Waals surface area contributed by atoms with Crippen molar-refractivity contribution in [2.45, 2.75) is 25.2 Å². The van der Waals surface area contributed by atoms with E-state index >= 15 is 0 Å². The highest BCUT2D eigenvalue weighted by Crippen LogP contribution is 2.12. The molecule has 0 saturated carbocycles. The Morgan fingerprint density at radius 3 is 2.53 bits per heavy atom. The molecular weight excluding hydrogens is 262 g/mol. The molecule has 0 spiro atoms. The van der Waals surface area contributed by atoms with Gasteiger partial charge in [0.05, 0.1) is 4.90 Å². The van der Waals surface area contributed by atoms with E-state index < -0.39 is 10.0 Å². The van der Waals surface area contributed by atoms with Crippen LogP contribution in [0.2, 0.25) is 0 Å². The average molecular weight is 285 g/mol. The van der Waals surface area contributed by atoms with Crippen molar-refractivity contribution in [3.63, 3.8) is 0 Å². The van der Waals surface area contributed by atoms with Crippen LogP contribution in [-0.4, -0.2) is 39.5 Å². The van der Waals surface area contributed by atoms with Crippen LogP contribution in [0.1, 0.15) is 20.3 Å². The number of benzene rings is 1. The van der Waals surface area contributed by atoms with Crippen LogP contribution in [0.5, 0.6) is 0 Å². The lowest BCUT2D eigenvalue weighted by atomic mass is 10.3. The summed E-state index contributed by atoms with van der Waals surface area (Å²) >= 11 is 0. The number of hydrogen-bond acceptors (Lipinski definition) is 4. The van der Waals surface area contributed by atoms with Gasteiger partial charge in [-0.3, -0.25) is 0 Å². The van der Waals surface area contributed by atoms with Crippen LogP contribution in [0.15, 0.2) is 29.2 Å². The van der Waals surface area contributed by atoms with Gasteiger partial charge in [-0.05, 0) is 44.3 Å². The summed E-state index contributed by atoms with van der Waals surface area (Å²) in [4.78, 5) is 2.48.